The molecule has 8 heteroatoms. The Morgan fingerprint density at radius 1 is 0.656 bits per heavy atom. The first-order valence-electron chi connectivity index (χ1n) is 11.4. The van der Waals surface area contributed by atoms with Gasteiger partial charge in [0.2, 0.25) is 0 Å². The van der Waals surface area contributed by atoms with Crippen LogP contribution in [-0.4, -0.2) is 92.2 Å². The van der Waals surface area contributed by atoms with Gasteiger partial charge in [-0.05, 0) is 30.2 Å². The van der Waals surface area contributed by atoms with Crippen LogP contribution in [0.5, 0.6) is 5.75 Å². The molecule has 0 aliphatic carbocycles. The summed E-state index contributed by atoms with van der Waals surface area (Å²) in [6, 6.07) is 6.95. The molecule has 0 bridgehead atoms. The molecule has 0 aliphatic rings. The SMILES string of the molecule is CCC(C)COCCOCCOCCOCCOCCOCCOc1ccc(C=O)cc1. The fourth-order valence-electron chi connectivity index (χ4n) is 2.36. The van der Waals surface area contributed by atoms with Crippen LogP contribution in [-0.2, 0) is 28.4 Å². The second-order valence-electron chi connectivity index (χ2n) is 7.19. The van der Waals surface area contributed by atoms with Gasteiger partial charge in [-0.2, -0.15) is 0 Å². The Bertz CT molecular complexity index is 537. The summed E-state index contributed by atoms with van der Waals surface area (Å²) in [6.45, 7) is 11.5. The zero-order valence-electron chi connectivity index (χ0n) is 19.6. The average molecular weight is 457 g/mol. The van der Waals surface area contributed by atoms with Crippen molar-refractivity contribution in [3.05, 3.63) is 29.8 Å². The quantitative estimate of drug-likeness (QED) is 0.184. The maximum absolute atomic E-state index is 10.6. The molecule has 0 amide bonds. The van der Waals surface area contributed by atoms with Crippen LogP contribution in [0.2, 0.25) is 0 Å². The summed E-state index contributed by atoms with van der Waals surface area (Å²) in [5.74, 6) is 1.31. The lowest BCUT2D eigenvalue weighted by Crippen LogP contribution is -2.15. The van der Waals surface area contributed by atoms with Crippen LogP contribution in [0.1, 0.15) is 30.6 Å². The van der Waals surface area contributed by atoms with Gasteiger partial charge in [-0.3, -0.25) is 4.79 Å². The molecule has 8 nitrogen and oxygen atoms in total. The molecule has 1 unspecified atom stereocenters. The number of carbonyl (C=O) groups is 1. The van der Waals surface area contributed by atoms with Crippen molar-refractivity contribution < 1.29 is 38.0 Å². The predicted octanol–water partition coefficient (Wildman–Crippen LogP) is 3.02. The van der Waals surface area contributed by atoms with Crippen LogP contribution in [0, 0.1) is 5.92 Å². The molecular weight excluding hydrogens is 416 g/mol. The van der Waals surface area contributed by atoms with E-state index in [1.54, 1.807) is 24.3 Å². The van der Waals surface area contributed by atoms with Crippen molar-refractivity contribution in [2.24, 2.45) is 5.92 Å². The number of ether oxygens (including phenoxy) is 7. The summed E-state index contributed by atoms with van der Waals surface area (Å²) in [4.78, 5) is 10.6. The summed E-state index contributed by atoms with van der Waals surface area (Å²) < 4.78 is 38.2. The summed E-state index contributed by atoms with van der Waals surface area (Å²) in [5.41, 5.74) is 0.626. The third-order valence-electron chi connectivity index (χ3n) is 4.47. The van der Waals surface area contributed by atoms with Gasteiger partial charge in [0, 0.05) is 12.2 Å². The summed E-state index contributed by atoms with van der Waals surface area (Å²) in [6.07, 6.45) is 1.94. The third kappa shape index (κ3) is 17.1. The van der Waals surface area contributed by atoms with Crippen molar-refractivity contribution >= 4 is 6.29 Å². The van der Waals surface area contributed by atoms with Gasteiger partial charge in [0.1, 0.15) is 18.6 Å². The Hall–Kier alpha value is -1.55. The number of hydrogen-bond donors (Lipinski definition) is 0. The lowest BCUT2D eigenvalue weighted by Gasteiger charge is -2.10. The minimum atomic E-state index is 0.445. The standard InChI is InChI=1S/C24H40O8/c1-3-22(2)21-31-17-16-29-13-12-27-9-8-26-10-11-28-14-15-30-18-19-32-24-6-4-23(20-25)5-7-24/h4-7,20,22H,3,8-19,21H2,1-2H3. The maximum Gasteiger partial charge on any atom is 0.150 e. The molecule has 1 rings (SSSR count). The highest BCUT2D eigenvalue weighted by atomic mass is 16.6. The number of carbonyl (C=O) groups excluding carboxylic acids is 1. The number of benzene rings is 1. The van der Waals surface area contributed by atoms with E-state index in [0.29, 0.717) is 96.5 Å². The van der Waals surface area contributed by atoms with E-state index in [1.165, 1.54) is 0 Å². The Kier molecular flexibility index (Phi) is 19.0. The zero-order valence-corrected chi connectivity index (χ0v) is 19.6. The average Bonchev–Trinajstić information content (AvgIpc) is 2.83. The maximum atomic E-state index is 10.6. The lowest BCUT2D eigenvalue weighted by molar-refractivity contribution is -0.0191. The highest BCUT2D eigenvalue weighted by Gasteiger charge is 1.98. The Balaban J connectivity index is 1.72. The smallest absolute Gasteiger partial charge is 0.150 e. The van der Waals surface area contributed by atoms with E-state index in [2.05, 4.69) is 13.8 Å². The van der Waals surface area contributed by atoms with Crippen LogP contribution >= 0.6 is 0 Å². The van der Waals surface area contributed by atoms with Crippen LogP contribution in [0.15, 0.2) is 24.3 Å². The van der Waals surface area contributed by atoms with E-state index in [0.717, 1.165) is 19.3 Å². The third-order valence-corrected chi connectivity index (χ3v) is 4.47. The van der Waals surface area contributed by atoms with Gasteiger partial charge in [0.05, 0.1) is 72.7 Å². The highest BCUT2D eigenvalue weighted by molar-refractivity contribution is 5.74. The lowest BCUT2D eigenvalue weighted by atomic mass is 10.1. The first-order chi connectivity index (χ1) is 15.8. The summed E-state index contributed by atoms with van der Waals surface area (Å²) in [5, 5.41) is 0. The molecule has 0 aliphatic heterocycles. The first kappa shape index (κ1) is 28.5. The van der Waals surface area contributed by atoms with Crippen molar-refractivity contribution in [2.75, 3.05) is 85.9 Å². The molecule has 0 saturated heterocycles. The van der Waals surface area contributed by atoms with Gasteiger partial charge in [-0.25, -0.2) is 0 Å². The second kappa shape index (κ2) is 21.3. The molecule has 1 aromatic rings. The number of aldehydes is 1. The topological polar surface area (TPSA) is 81.7 Å². The van der Waals surface area contributed by atoms with E-state index in [-0.39, 0.29) is 0 Å². The van der Waals surface area contributed by atoms with Crippen molar-refractivity contribution in [3.8, 4) is 5.75 Å². The van der Waals surface area contributed by atoms with Gasteiger partial charge in [0.25, 0.3) is 0 Å². The molecule has 184 valence electrons. The number of rotatable bonds is 23. The normalized spacial score (nSPS) is 12.1. The van der Waals surface area contributed by atoms with E-state index in [1.807, 2.05) is 0 Å². The van der Waals surface area contributed by atoms with Crippen molar-refractivity contribution in [2.45, 2.75) is 20.3 Å². The molecule has 0 aromatic heterocycles. The van der Waals surface area contributed by atoms with Gasteiger partial charge in [-0.1, -0.05) is 20.3 Å². The van der Waals surface area contributed by atoms with Crippen molar-refractivity contribution in [3.63, 3.8) is 0 Å². The van der Waals surface area contributed by atoms with Crippen LogP contribution < -0.4 is 4.74 Å². The zero-order chi connectivity index (χ0) is 23.1. The predicted molar refractivity (Wildman–Crippen MR) is 122 cm³/mol. The molecule has 0 saturated carbocycles. The number of hydrogen-bond acceptors (Lipinski definition) is 8. The molecule has 32 heavy (non-hydrogen) atoms. The van der Waals surface area contributed by atoms with Crippen LogP contribution in [0.3, 0.4) is 0 Å². The van der Waals surface area contributed by atoms with Crippen LogP contribution in [0.25, 0.3) is 0 Å². The van der Waals surface area contributed by atoms with Gasteiger partial charge < -0.3 is 33.2 Å². The fourth-order valence-corrected chi connectivity index (χ4v) is 2.36. The van der Waals surface area contributed by atoms with Crippen LogP contribution in [0.4, 0.5) is 0 Å². The van der Waals surface area contributed by atoms with E-state index >= 15 is 0 Å². The van der Waals surface area contributed by atoms with E-state index < -0.39 is 0 Å². The molecule has 1 atom stereocenters. The molecule has 0 fully saturated rings. The molecule has 0 radical (unpaired) electrons. The fraction of sp³-hybridized carbons (Fsp3) is 0.708. The van der Waals surface area contributed by atoms with Crippen molar-refractivity contribution in [1.29, 1.82) is 0 Å². The van der Waals surface area contributed by atoms with Gasteiger partial charge in [-0.15, -0.1) is 0 Å². The summed E-state index contributed by atoms with van der Waals surface area (Å²) >= 11 is 0. The molecule has 1 aromatic carbocycles. The Morgan fingerprint density at radius 2 is 1.06 bits per heavy atom. The minimum absolute atomic E-state index is 0.445. The van der Waals surface area contributed by atoms with Gasteiger partial charge in [0.15, 0.2) is 0 Å². The molecule has 0 N–H and O–H groups in total. The molecule has 0 spiro atoms. The van der Waals surface area contributed by atoms with E-state index in [4.69, 9.17) is 33.2 Å². The first-order valence-corrected chi connectivity index (χ1v) is 11.4. The minimum Gasteiger partial charge on any atom is -0.491 e. The van der Waals surface area contributed by atoms with Crippen molar-refractivity contribution in [1.82, 2.24) is 0 Å². The second-order valence-corrected chi connectivity index (χ2v) is 7.19. The van der Waals surface area contributed by atoms with E-state index in [9.17, 15) is 4.79 Å². The summed E-state index contributed by atoms with van der Waals surface area (Å²) in [7, 11) is 0. The van der Waals surface area contributed by atoms with Gasteiger partial charge >= 0.3 is 0 Å². The monoisotopic (exact) mass is 456 g/mol. The largest absolute Gasteiger partial charge is 0.491 e. The Morgan fingerprint density at radius 3 is 1.47 bits per heavy atom. The highest BCUT2D eigenvalue weighted by Crippen LogP contribution is 2.10. The molecule has 0 heterocycles. The molecular formula is C24H40O8. The Labute approximate surface area is 192 Å².